The highest BCUT2D eigenvalue weighted by atomic mass is 32.1. The molecule has 1 unspecified atom stereocenters. The standard InChI is InChI=1S/C18H21N3O2S2/c1-11(12-7-9-19-10-8-12)20-18(24)21-16-15(17(22)23-2)13-5-3-4-6-14(13)25-16/h7-11H,3-6H2,1-2H3,(H2,20,21,24). The Morgan fingerprint density at radius 1 is 1.32 bits per heavy atom. The number of nitrogens with one attached hydrogen (secondary N) is 2. The van der Waals surface area contributed by atoms with Gasteiger partial charge in [0, 0.05) is 17.3 Å². The second kappa shape index (κ2) is 7.93. The SMILES string of the molecule is COC(=O)c1c(NC(=S)NC(C)c2ccncc2)sc2c1CCCC2. The molecule has 0 bridgehead atoms. The van der Waals surface area contributed by atoms with Crippen LogP contribution in [0, 0.1) is 0 Å². The second-order valence-corrected chi connectivity index (χ2v) is 7.52. The molecule has 3 rings (SSSR count). The van der Waals surface area contributed by atoms with E-state index in [0.29, 0.717) is 10.7 Å². The molecule has 2 heterocycles. The molecule has 0 aliphatic heterocycles. The molecule has 7 heteroatoms. The summed E-state index contributed by atoms with van der Waals surface area (Å²) in [5, 5.41) is 7.73. The van der Waals surface area contributed by atoms with Crippen LogP contribution in [-0.2, 0) is 17.6 Å². The van der Waals surface area contributed by atoms with Crippen molar-refractivity contribution >= 4 is 39.6 Å². The maximum atomic E-state index is 12.3. The number of thiophene rings is 1. The molecule has 1 atom stereocenters. The minimum Gasteiger partial charge on any atom is -0.465 e. The van der Waals surface area contributed by atoms with Crippen LogP contribution in [0.5, 0.6) is 0 Å². The molecule has 0 fully saturated rings. The lowest BCUT2D eigenvalue weighted by atomic mass is 9.95. The van der Waals surface area contributed by atoms with Gasteiger partial charge in [-0.15, -0.1) is 11.3 Å². The summed E-state index contributed by atoms with van der Waals surface area (Å²) in [5.41, 5.74) is 2.86. The number of anilines is 1. The Hall–Kier alpha value is -1.99. The second-order valence-electron chi connectivity index (χ2n) is 6.01. The maximum absolute atomic E-state index is 12.3. The zero-order valence-corrected chi connectivity index (χ0v) is 15.9. The number of carbonyl (C=O) groups excluding carboxylic acids is 1. The highest BCUT2D eigenvalue weighted by Crippen LogP contribution is 2.38. The Balaban J connectivity index is 1.77. The largest absolute Gasteiger partial charge is 0.465 e. The van der Waals surface area contributed by atoms with Crippen molar-refractivity contribution in [3.63, 3.8) is 0 Å². The average Bonchev–Trinajstić information content (AvgIpc) is 2.99. The molecular formula is C18H21N3O2S2. The lowest BCUT2D eigenvalue weighted by Crippen LogP contribution is -2.31. The monoisotopic (exact) mass is 375 g/mol. The number of pyridine rings is 1. The predicted molar refractivity (Wildman–Crippen MR) is 104 cm³/mol. The van der Waals surface area contributed by atoms with Crippen LogP contribution in [0.15, 0.2) is 24.5 Å². The van der Waals surface area contributed by atoms with E-state index in [1.807, 2.05) is 19.1 Å². The molecule has 1 aliphatic carbocycles. The van der Waals surface area contributed by atoms with Crippen LogP contribution < -0.4 is 10.6 Å². The van der Waals surface area contributed by atoms with E-state index in [2.05, 4.69) is 15.6 Å². The summed E-state index contributed by atoms with van der Waals surface area (Å²) in [6.07, 6.45) is 7.72. The van der Waals surface area contributed by atoms with Crippen LogP contribution in [0.2, 0.25) is 0 Å². The Kier molecular flexibility index (Phi) is 5.65. The molecule has 0 saturated carbocycles. The predicted octanol–water partition coefficient (Wildman–Crippen LogP) is 3.86. The number of aromatic nitrogens is 1. The zero-order chi connectivity index (χ0) is 17.8. The summed E-state index contributed by atoms with van der Waals surface area (Å²) < 4.78 is 4.99. The van der Waals surface area contributed by atoms with Gasteiger partial charge >= 0.3 is 5.97 Å². The van der Waals surface area contributed by atoms with Crippen LogP contribution in [-0.4, -0.2) is 23.2 Å². The normalized spacial score (nSPS) is 14.3. The fraction of sp³-hybridized carbons (Fsp3) is 0.389. The number of rotatable bonds is 4. The van der Waals surface area contributed by atoms with E-state index in [1.54, 1.807) is 23.7 Å². The fourth-order valence-electron chi connectivity index (χ4n) is 3.04. The number of methoxy groups -OCH3 is 1. The number of nitrogens with zero attached hydrogens (tertiary/aromatic N) is 1. The van der Waals surface area contributed by atoms with Gasteiger partial charge in [-0.05, 0) is 68.1 Å². The van der Waals surface area contributed by atoms with Gasteiger partial charge in [0.25, 0.3) is 0 Å². The molecule has 132 valence electrons. The van der Waals surface area contributed by atoms with Gasteiger partial charge in [-0.2, -0.15) is 0 Å². The van der Waals surface area contributed by atoms with Crippen molar-refractivity contribution in [1.29, 1.82) is 0 Å². The van der Waals surface area contributed by atoms with Gasteiger partial charge in [0.1, 0.15) is 5.00 Å². The highest BCUT2D eigenvalue weighted by molar-refractivity contribution is 7.80. The van der Waals surface area contributed by atoms with Crippen molar-refractivity contribution in [2.24, 2.45) is 0 Å². The third-order valence-corrected chi connectivity index (χ3v) is 5.77. The maximum Gasteiger partial charge on any atom is 0.341 e. The molecule has 0 spiro atoms. The van der Waals surface area contributed by atoms with E-state index in [4.69, 9.17) is 17.0 Å². The topological polar surface area (TPSA) is 63.2 Å². The van der Waals surface area contributed by atoms with E-state index in [9.17, 15) is 4.79 Å². The first kappa shape index (κ1) is 17.8. The van der Waals surface area contributed by atoms with Gasteiger partial charge in [-0.1, -0.05) is 0 Å². The van der Waals surface area contributed by atoms with Gasteiger partial charge in [-0.3, -0.25) is 4.98 Å². The first-order chi connectivity index (χ1) is 12.1. The third-order valence-electron chi connectivity index (χ3n) is 4.34. The van der Waals surface area contributed by atoms with E-state index in [0.717, 1.165) is 41.8 Å². The van der Waals surface area contributed by atoms with Crippen LogP contribution in [0.3, 0.4) is 0 Å². The number of ether oxygens (including phenoxy) is 1. The molecule has 2 aromatic heterocycles. The number of hydrogen-bond donors (Lipinski definition) is 2. The summed E-state index contributed by atoms with van der Waals surface area (Å²) in [6.45, 7) is 2.03. The zero-order valence-electron chi connectivity index (χ0n) is 14.3. The molecule has 0 saturated heterocycles. The summed E-state index contributed by atoms with van der Waals surface area (Å²) in [6, 6.07) is 3.94. The van der Waals surface area contributed by atoms with Crippen LogP contribution in [0.25, 0.3) is 0 Å². The van der Waals surface area contributed by atoms with Crippen molar-refractivity contribution in [2.45, 2.75) is 38.6 Å². The van der Waals surface area contributed by atoms with E-state index in [1.165, 1.54) is 12.0 Å². The van der Waals surface area contributed by atoms with Gasteiger partial charge < -0.3 is 15.4 Å². The lowest BCUT2D eigenvalue weighted by molar-refractivity contribution is 0.0601. The molecule has 0 amide bonds. The number of carbonyl (C=O) groups is 1. The Bertz CT molecular complexity index is 774. The smallest absolute Gasteiger partial charge is 0.341 e. The van der Waals surface area contributed by atoms with E-state index >= 15 is 0 Å². The Morgan fingerprint density at radius 2 is 2.04 bits per heavy atom. The number of hydrogen-bond acceptors (Lipinski definition) is 5. The first-order valence-corrected chi connectivity index (χ1v) is 9.53. The van der Waals surface area contributed by atoms with Crippen LogP contribution in [0.4, 0.5) is 5.00 Å². The molecule has 5 nitrogen and oxygen atoms in total. The number of fused-ring (bicyclic) bond motifs is 1. The fourth-order valence-corrected chi connectivity index (χ4v) is 4.67. The third kappa shape index (κ3) is 3.99. The highest BCUT2D eigenvalue weighted by Gasteiger charge is 2.26. The molecule has 2 aromatic rings. The molecule has 25 heavy (non-hydrogen) atoms. The number of esters is 1. The van der Waals surface area contributed by atoms with Crippen molar-refractivity contribution < 1.29 is 9.53 Å². The first-order valence-electron chi connectivity index (χ1n) is 8.30. The van der Waals surface area contributed by atoms with E-state index in [-0.39, 0.29) is 12.0 Å². The number of thiocarbonyl (C=S) groups is 1. The Morgan fingerprint density at radius 3 is 2.76 bits per heavy atom. The average molecular weight is 376 g/mol. The Labute approximate surface area is 156 Å². The lowest BCUT2D eigenvalue weighted by Gasteiger charge is -2.17. The summed E-state index contributed by atoms with van der Waals surface area (Å²) >= 11 is 7.06. The molecule has 0 radical (unpaired) electrons. The number of aryl methyl sites for hydroxylation is 1. The van der Waals surface area contributed by atoms with Crippen molar-refractivity contribution in [3.8, 4) is 0 Å². The quantitative estimate of drug-likeness (QED) is 0.625. The summed E-state index contributed by atoms with van der Waals surface area (Å²) in [5.74, 6) is -0.299. The van der Waals surface area contributed by atoms with Crippen molar-refractivity contribution in [2.75, 3.05) is 12.4 Å². The summed E-state index contributed by atoms with van der Waals surface area (Å²) in [4.78, 5) is 17.6. The van der Waals surface area contributed by atoms with Crippen molar-refractivity contribution in [1.82, 2.24) is 10.3 Å². The molecule has 2 N–H and O–H groups in total. The minimum atomic E-state index is -0.299. The molecule has 1 aliphatic rings. The van der Waals surface area contributed by atoms with Gasteiger partial charge in [0.2, 0.25) is 0 Å². The molecule has 0 aromatic carbocycles. The minimum absolute atomic E-state index is 0.0409. The van der Waals surface area contributed by atoms with E-state index < -0.39 is 0 Å². The summed E-state index contributed by atoms with van der Waals surface area (Å²) in [7, 11) is 1.42. The van der Waals surface area contributed by atoms with Gasteiger partial charge in [0.05, 0.1) is 18.7 Å². The van der Waals surface area contributed by atoms with Crippen molar-refractivity contribution in [3.05, 3.63) is 46.1 Å². The van der Waals surface area contributed by atoms with Crippen LogP contribution >= 0.6 is 23.6 Å². The van der Waals surface area contributed by atoms with Crippen LogP contribution in [0.1, 0.15) is 52.2 Å². The van der Waals surface area contributed by atoms with Gasteiger partial charge in [-0.25, -0.2) is 4.79 Å². The molecular weight excluding hydrogens is 354 g/mol. The van der Waals surface area contributed by atoms with Gasteiger partial charge in [0.15, 0.2) is 5.11 Å².